The second-order valence-electron chi connectivity index (χ2n) is 5.62. The van der Waals surface area contributed by atoms with Crippen LogP contribution in [0.5, 0.6) is 0 Å². The van der Waals surface area contributed by atoms with Crippen molar-refractivity contribution in [3.8, 4) is 0 Å². The minimum Gasteiger partial charge on any atom is -0.459 e. The monoisotopic (exact) mass is 326 g/mol. The van der Waals surface area contributed by atoms with Crippen molar-refractivity contribution >= 4 is 11.6 Å². The van der Waals surface area contributed by atoms with Gasteiger partial charge in [0.15, 0.2) is 0 Å². The van der Waals surface area contributed by atoms with Crippen LogP contribution < -0.4 is 5.56 Å². The first-order valence-corrected chi connectivity index (χ1v) is 7.57. The smallest absolute Gasteiger partial charge is 0.310 e. The number of ether oxygens (including phenoxy) is 1. The second-order valence-corrected chi connectivity index (χ2v) is 5.62. The number of hydrogen-bond acceptors (Lipinski definition) is 5. The molecule has 0 amide bonds. The molecule has 0 spiro atoms. The highest BCUT2D eigenvalue weighted by atomic mass is 16.5. The molecule has 24 heavy (non-hydrogen) atoms. The lowest BCUT2D eigenvalue weighted by atomic mass is 10.1. The van der Waals surface area contributed by atoms with Gasteiger partial charge in [0.2, 0.25) is 0 Å². The summed E-state index contributed by atoms with van der Waals surface area (Å²) in [5.41, 5.74) is 3.37. The van der Waals surface area contributed by atoms with Gasteiger partial charge in [0, 0.05) is 30.6 Å². The first kappa shape index (κ1) is 15.9. The highest BCUT2D eigenvalue weighted by Gasteiger charge is 2.15. The van der Waals surface area contributed by atoms with Crippen LogP contribution in [0.4, 0.5) is 0 Å². The number of hydrogen-bond donors (Lipinski definition) is 0. The van der Waals surface area contributed by atoms with E-state index in [1.165, 1.54) is 10.5 Å². The van der Waals surface area contributed by atoms with Gasteiger partial charge >= 0.3 is 5.97 Å². The summed E-state index contributed by atoms with van der Waals surface area (Å²) < 4.78 is 8.45. The van der Waals surface area contributed by atoms with E-state index in [4.69, 9.17) is 4.74 Å². The van der Waals surface area contributed by atoms with Crippen molar-refractivity contribution < 1.29 is 9.53 Å². The third kappa shape index (κ3) is 3.05. The van der Waals surface area contributed by atoms with Crippen LogP contribution in [0.15, 0.2) is 35.3 Å². The average molecular weight is 326 g/mol. The average Bonchev–Trinajstić information content (AvgIpc) is 2.79. The summed E-state index contributed by atoms with van der Waals surface area (Å²) in [6.45, 7) is 3.74. The Morgan fingerprint density at radius 3 is 2.79 bits per heavy atom. The van der Waals surface area contributed by atoms with Crippen LogP contribution >= 0.6 is 0 Å². The van der Waals surface area contributed by atoms with Crippen molar-refractivity contribution in [2.24, 2.45) is 7.05 Å². The first-order valence-electron chi connectivity index (χ1n) is 7.57. The second kappa shape index (κ2) is 6.27. The molecule has 3 aromatic rings. The Morgan fingerprint density at radius 2 is 2.08 bits per heavy atom. The van der Waals surface area contributed by atoms with Gasteiger partial charge in [-0.15, -0.1) is 0 Å². The molecule has 3 aromatic heterocycles. The Kier molecular flexibility index (Phi) is 4.16. The minimum atomic E-state index is -0.371. The Balaban J connectivity index is 1.71. The number of aromatic nitrogens is 4. The fourth-order valence-electron chi connectivity index (χ4n) is 2.60. The van der Waals surface area contributed by atoms with Crippen LogP contribution in [0.1, 0.15) is 22.6 Å². The van der Waals surface area contributed by atoms with Gasteiger partial charge in [-0.25, -0.2) is 4.98 Å². The van der Waals surface area contributed by atoms with E-state index in [1.54, 1.807) is 29.1 Å². The van der Waals surface area contributed by atoms with E-state index in [2.05, 4.69) is 10.1 Å². The highest BCUT2D eigenvalue weighted by Crippen LogP contribution is 2.13. The van der Waals surface area contributed by atoms with E-state index < -0.39 is 0 Å². The van der Waals surface area contributed by atoms with Gasteiger partial charge in [0.25, 0.3) is 5.56 Å². The molecule has 0 saturated heterocycles. The van der Waals surface area contributed by atoms with Crippen LogP contribution in [0, 0.1) is 13.8 Å². The van der Waals surface area contributed by atoms with E-state index in [-0.39, 0.29) is 24.6 Å². The number of fused-ring (bicyclic) bond motifs is 1. The molecule has 124 valence electrons. The third-order valence-electron chi connectivity index (χ3n) is 3.99. The quantitative estimate of drug-likeness (QED) is 0.676. The fourth-order valence-corrected chi connectivity index (χ4v) is 2.60. The molecule has 0 aliphatic rings. The maximum Gasteiger partial charge on any atom is 0.310 e. The standard InChI is InChI=1S/C17H18N4O3/c1-11-14(12(2)20(3)19-11)9-17(23)24-10-13-8-16(22)21-7-5-4-6-15(21)18-13/h4-8H,9-10H2,1-3H3. The normalized spacial score (nSPS) is 11.0. The number of aryl methyl sites for hydroxylation is 2. The van der Waals surface area contributed by atoms with Crippen molar-refractivity contribution in [3.05, 3.63) is 63.5 Å². The predicted molar refractivity (Wildman–Crippen MR) is 87.6 cm³/mol. The largest absolute Gasteiger partial charge is 0.459 e. The van der Waals surface area contributed by atoms with Gasteiger partial charge in [-0.1, -0.05) is 6.07 Å². The zero-order chi connectivity index (χ0) is 17.3. The Labute approximate surface area is 138 Å². The van der Waals surface area contributed by atoms with Gasteiger partial charge in [-0.2, -0.15) is 5.10 Å². The Bertz CT molecular complexity index is 972. The molecule has 0 fully saturated rings. The minimum absolute atomic E-state index is 0.0299. The van der Waals surface area contributed by atoms with Crippen LogP contribution in [-0.2, 0) is 29.6 Å². The lowest BCUT2D eigenvalue weighted by Gasteiger charge is -2.06. The van der Waals surface area contributed by atoms with Crippen LogP contribution in [0.2, 0.25) is 0 Å². The van der Waals surface area contributed by atoms with Gasteiger partial charge in [0.05, 0.1) is 17.8 Å². The Morgan fingerprint density at radius 1 is 1.29 bits per heavy atom. The molecule has 0 saturated carbocycles. The zero-order valence-electron chi connectivity index (χ0n) is 13.8. The van der Waals surface area contributed by atoms with E-state index in [0.717, 1.165) is 17.0 Å². The van der Waals surface area contributed by atoms with Crippen molar-refractivity contribution in [1.82, 2.24) is 19.2 Å². The number of carbonyl (C=O) groups is 1. The first-order chi connectivity index (χ1) is 11.5. The molecule has 7 heteroatoms. The van der Waals surface area contributed by atoms with E-state index >= 15 is 0 Å². The molecule has 0 atom stereocenters. The third-order valence-corrected chi connectivity index (χ3v) is 3.99. The van der Waals surface area contributed by atoms with Crippen LogP contribution in [0.25, 0.3) is 5.65 Å². The molecule has 7 nitrogen and oxygen atoms in total. The number of rotatable bonds is 4. The molecular formula is C17H18N4O3. The number of pyridine rings is 1. The molecule has 0 aliphatic carbocycles. The molecule has 0 radical (unpaired) electrons. The molecular weight excluding hydrogens is 308 g/mol. The van der Waals surface area contributed by atoms with E-state index in [9.17, 15) is 9.59 Å². The predicted octanol–water partition coefficient (Wildman–Crippen LogP) is 1.33. The number of carbonyl (C=O) groups excluding carboxylic acids is 1. The number of nitrogens with zero attached hydrogens (tertiary/aromatic N) is 4. The van der Waals surface area contributed by atoms with E-state index in [0.29, 0.717) is 11.3 Å². The fraction of sp³-hybridized carbons (Fsp3) is 0.294. The molecule has 0 aromatic carbocycles. The Hall–Kier alpha value is -2.96. The van der Waals surface area contributed by atoms with Gasteiger partial charge in [-0.3, -0.25) is 18.7 Å². The van der Waals surface area contributed by atoms with Gasteiger partial charge < -0.3 is 4.74 Å². The molecule has 3 rings (SSSR count). The van der Waals surface area contributed by atoms with E-state index in [1.807, 2.05) is 20.9 Å². The lowest BCUT2D eigenvalue weighted by Crippen LogP contribution is -2.17. The van der Waals surface area contributed by atoms with Crippen molar-refractivity contribution in [2.45, 2.75) is 26.9 Å². The summed E-state index contributed by atoms with van der Waals surface area (Å²) in [7, 11) is 1.84. The SMILES string of the molecule is Cc1nn(C)c(C)c1CC(=O)OCc1cc(=O)n2ccccc2n1. The molecule has 0 aliphatic heterocycles. The van der Waals surface area contributed by atoms with Crippen molar-refractivity contribution in [3.63, 3.8) is 0 Å². The summed E-state index contributed by atoms with van der Waals surface area (Å²) in [5.74, 6) is -0.371. The molecule has 0 bridgehead atoms. The molecule has 0 unspecified atom stereocenters. The summed E-state index contributed by atoms with van der Waals surface area (Å²) >= 11 is 0. The summed E-state index contributed by atoms with van der Waals surface area (Å²) in [5, 5.41) is 4.28. The summed E-state index contributed by atoms with van der Waals surface area (Å²) in [6.07, 6.45) is 1.80. The maximum atomic E-state index is 12.1. The number of esters is 1. The zero-order valence-corrected chi connectivity index (χ0v) is 13.8. The van der Waals surface area contributed by atoms with Crippen molar-refractivity contribution in [2.75, 3.05) is 0 Å². The van der Waals surface area contributed by atoms with Crippen LogP contribution in [-0.4, -0.2) is 25.1 Å². The van der Waals surface area contributed by atoms with Gasteiger partial charge in [0.1, 0.15) is 12.3 Å². The van der Waals surface area contributed by atoms with Crippen LogP contribution in [0.3, 0.4) is 0 Å². The topological polar surface area (TPSA) is 78.5 Å². The molecule has 3 heterocycles. The summed E-state index contributed by atoms with van der Waals surface area (Å²) in [6, 6.07) is 6.66. The molecule has 0 N–H and O–H groups in total. The highest BCUT2D eigenvalue weighted by molar-refractivity contribution is 5.73. The maximum absolute atomic E-state index is 12.1. The van der Waals surface area contributed by atoms with Gasteiger partial charge in [-0.05, 0) is 26.0 Å². The van der Waals surface area contributed by atoms with Crippen molar-refractivity contribution in [1.29, 1.82) is 0 Å². The summed E-state index contributed by atoms with van der Waals surface area (Å²) in [4.78, 5) is 28.4. The lowest BCUT2D eigenvalue weighted by molar-refractivity contribution is -0.144.